The Morgan fingerprint density at radius 2 is 1.67 bits per heavy atom. The zero-order valence-electron chi connectivity index (χ0n) is 11.6. The van der Waals surface area contributed by atoms with Crippen LogP contribution in [0, 0.1) is 18.6 Å². The zero-order valence-corrected chi connectivity index (χ0v) is 12.4. The van der Waals surface area contributed by atoms with Gasteiger partial charge in [-0.2, -0.15) is 0 Å². The Bertz CT molecular complexity index is 743. The van der Waals surface area contributed by atoms with E-state index in [1.54, 1.807) is 6.92 Å². The predicted octanol–water partition coefficient (Wildman–Crippen LogP) is 3.31. The molecule has 0 aliphatic heterocycles. The molecule has 0 saturated carbocycles. The van der Waals surface area contributed by atoms with E-state index < -0.39 is 21.9 Å². The van der Waals surface area contributed by atoms with E-state index in [4.69, 9.17) is 0 Å². The number of hydrogen-bond donors (Lipinski definition) is 1. The minimum atomic E-state index is -3.77. The molecule has 0 fully saturated rings. The van der Waals surface area contributed by atoms with Gasteiger partial charge in [-0.05, 0) is 55.3 Å². The third-order valence-electron chi connectivity index (χ3n) is 3.14. The SMILES string of the molecule is Cc1cc(S(=O)(=O)NC(C)c2ccc(F)cc2)ccc1F. The number of sulfonamides is 1. The largest absolute Gasteiger partial charge is 0.241 e. The van der Waals surface area contributed by atoms with E-state index in [2.05, 4.69) is 4.72 Å². The first-order valence-corrected chi connectivity index (χ1v) is 7.82. The third kappa shape index (κ3) is 3.65. The molecule has 0 saturated heterocycles. The van der Waals surface area contributed by atoms with Gasteiger partial charge in [0.25, 0.3) is 0 Å². The number of halogens is 2. The van der Waals surface area contributed by atoms with E-state index in [1.807, 2.05) is 0 Å². The summed E-state index contributed by atoms with van der Waals surface area (Å²) in [6.07, 6.45) is 0. The lowest BCUT2D eigenvalue weighted by molar-refractivity contribution is 0.565. The maximum absolute atomic E-state index is 13.2. The van der Waals surface area contributed by atoms with Gasteiger partial charge in [-0.15, -0.1) is 0 Å². The number of aryl methyl sites for hydroxylation is 1. The molecule has 0 radical (unpaired) electrons. The van der Waals surface area contributed by atoms with Gasteiger partial charge in [0.05, 0.1) is 4.90 Å². The summed E-state index contributed by atoms with van der Waals surface area (Å²) in [5.41, 5.74) is 0.895. The van der Waals surface area contributed by atoms with Crippen molar-refractivity contribution >= 4 is 10.0 Å². The normalized spacial score (nSPS) is 13.1. The van der Waals surface area contributed by atoms with Gasteiger partial charge in [-0.3, -0.25) is 0 Å². The van der Waals surface area contributed by atoms with Crippen molar-refractivity contribution in [2.45, 2.75) is 24.8 Å². The van der Waals surface area contributed by atoms with Gasteiger partial charge in [0.1, 0.15) is 11.6 Å². The molecule has 0 heterocycles. The summed E-state index contributed by atoms with van der Waals surface area (Å²) < 4.78 is 53.0. The molecule has 6 heteroatoms. The highest BCUT2D eigenvalue weighted by Crippen LogP contribution is 2.19. The molecule has 0 aromatic heterocycles. The molecule has 2 aromatic carbocycles. The van der Waals surface area contributed by atoms with Gasteiger partial charge >= 0.3 is 0 Å². The van der Waals surface area contributed by atoms with Crippen molar-refractivity contribution < 1.29 is 17.2 Å². The van der Waals surface area contributed by atoms with Gasteiger partial charge in [-0.25, -0.2) is 21.9 Å². The van der Waals surface area contributed by atoms with Crippen LogP contribution in [0.5, 0.6) is 0 Å². The maximum atomic E-state index is 13.2. The van der Waals surface area contributed by atoms with Crippen LogP contribution >= 0.6 is 0 Å². The minimum Gasteiger partial charge on any atom is -0.207 e. The predicted molar refractivity (Wildman–Crippen MR) is 76.3 cm³/mol. The lowest BCUT2D eigenvalue weighted by atomic mass is 10.1. The molecule has 21 heavy (non-hydrogen) atoms. The summed E-state index contributed by atoms with van der Waals surface area (Å²) in [5, 5.41) is 0. The second-order valence-corrected chi connectivity index (χ2v) is 6.52. The standard InChI is InChI=1S/C15H15F2NO2S/c1-10-9-14(7-8-15(10)17)21(19,20)18-11(2)12-3-5-13(16)6-4-12/h3-9,11,18H,1-2H3. The Morgan fingerprint density at radius 1 is 1.05 bits per heavy atom. The van der Waals surface area contributed by atoms with Crippen LogP contribution in [0.15, 0.2) is 47.4 Å². The van der Waals surface area contributed by atoms with Crippen molar-refractivity contribution in [2.75, 3.05) is 0 Å². The van der Waals surface area contributed by atoms with Crippen LogP contribution < -0.4 is 4.72 Å². The molecular weight excluding hydrogens is 296 g/mol. The van der Waals surface area contributed by atoms with Gasteiger partial charge in [0, 0.05) is 6.04 Å². The topological polar surface area (TPSA) is 46.2 Å². The summed E-state index contributed by atoms with van der Waals surface area (Å²) in [6.45, 7) is 3.15. The molecule has 3 nitrogen and oxygen atoms in total. The summed E-state index contributed by atoms with van der Waals surface area (Å²) >= 11 is 0. The smallest absolute Gasteiger partial charge is 0.207 e. The van der Waals surface area contributed by atoms with Crippen LogP contribution in [0.1, 0.15) is 24.1 Å². The second kappa shape index (κ2) is 5.91. The van der Waals surface area contributed by atoms with E-state index in [-0.39, 0.29) is 16.3 Å². The van der Waals surface area contributed by atoms with E-state index in [9.17, 15) is 17.2 Å². The molecule has 0 amide bonds. The van der Waals surface area contributed by atoms with Crippen LogP contribution in [0.4, 0.5) is 8.78 Å². The van der Waals surface area contributed by atoms with Crippen LogP contribution in [0.3, 0.4) is 0 Å². The maximum Gasteiger partial charge on any atom is 0.241 e. The Kier molecular flexibility index (Phi) is 4.39. The Balaban J connectivity index is 2.24. The average molecular weight is 311 g/mol. The van der Waals surface area contributed by atoms with Crippen molar-refractivity contribution in [1.29, 1.82) is 0 Å². The number of benzene rings is 2. The molecule has 112 valence electrons. The monoisotopic (exact) mass is 311 g/mol. The van der Waals surface area contributed by atoms with Crippen LogP contribution in [-0.4, -0.2) is 8.42 Å². The lowest BCUT2D eigenvalue weighted by Gasteiger charge is -2.15. The summed E-state index contributed by atoms with van der Waals surface area (Å²) in [5.74, 6) is -0.844. The fourth-order valence-electron chi connectivity index (χ4n) is 1.90. The fourth-order valence-corrected chi connectivity index (χ4v) is 3.22. The van der Waals surface area contributed by atoms with Gasteiger partial charge in [0.15, 0.2) is 0 Å². The van der Waals surface area contributed by atoms with Crippen molar-refractivity contribution in [1.82, 2.24) is 4.72 Å². The summed E-state index contributed by atoms with van der Waals surface area (Å²) in [6, 6.07) is 8.63. The Morgan fingerprint density at radius 3 is 2.24 bits per heavy atom. The highest BCUT2D eigenvalue weighted by molar-refractivity contribution is 7.89. The first-order chi connectivity index (χ1) is 9.79. The van der Waals surface area contributed by atoms with Crippen LogP contribution in [-0.2, 0) is 10.0 Å². The molecule has 0 bridgehead atoms. The molecule has 0 aliphatic rings. The summed E-state index contributed by atoms with van der Waals surface area (Å²) in [7, 11) is -3.77. The Labute approximate surface area is 122 Å². The van der Waals surface area contributed by atoms with Crippen LogP contribution in [0.2, 0.25) is 0 Å². The number of hydrogen-bond acceptors (Lipinski definition) is 2. The first-order valence-electron chi connectivity index (χ1n) is 6.33. The fraction of sp³-hybridized carbons (Fsp3) is 0.200. The molecule has 2 aromatic rings. The van der Waals surface area contributed by atoms with Crippen molar-refractivity contribution in [3.05, 3.63) is 65.2 Å². The van der Waals surface area contributed by atoms with E-state index in [0.717, 1.165) is 6.07 Å². The van der Waals surface area contributed by atoms with E-state index in [0.29, 0.717) is 5.56 Å². The minimum absolute atomic E-state index is 0.00429. The van der Waals surface area contributed by atoms with Crippen molar-refractivity contribution in [3.63, 3.8) is 0 Å². The van der Waals surface area contributed by atoms with Crippen molar-refractivity contribution in [3.8, 4) is 0 Å². The quantitative estimate of drug-likeness (QED) is 0.941. The molecular formula is C15H15F2NO2S. The van der Waals surface area contributed by atoms with Crippen molar-refractivity contribution in [2.24, 2.45) is 0 Å². The molecule has 1 N–H and O–H groups in total. The molecule has 1 unspecified atom stereocenters. The molecule has 0 spiro atoms. The van der Waals surface area contributed by atoms with E-state index in [1.165, 1.54) is 43.3 Å². The van der Waals surface area contributed by atoms with Gasteiger partial charge < -0.3 is 0 Å². The highest BCUT2D eigenvalue weighted by Gasteiger charge is 2.19. The number of rotatable bonds is 4. The zero-order chi connectivity index (χ0) is 15.6. The first kappa shape index (κ1) is 15.6. The second-order valence-electron chi connectivity index (χ2n) is 4.81. The summed E-state index contributed by atoms with van der Waals surface area (Å²) in [4.78, 5) is -0.00429. The van der Waals surface area contributed by atoms with Gasteiger partial charge in [-0.1, -0.05) is 12.1 Å². The molecule has 1 atom stereocenters. The van der Waals surface area contributed by atoms with Gasteiger partial charge in [0.2, 0.25) is 10.0 Å². The third-order valence-corrected chi connectivity index (χ3v) is 4.68. The highest BCUT2D eigenvalue weighted by atomic mass is 32.2. The molecule has 0 aliphatic carbocycles. The average Bonchev–Trinajstić information content (AvgIpc) is 2.42. The lowest BCUT2D eigenvalue weighted by Crippen LogP contribution is -2.27. The number of nitrogens with one attached hydrogen (secondary N) is 1. The van der Waals surface area contributed by atoms with E-state index >= 15 is 0 Å². The Hall–Kier alpha value is -1.79. The molecule has 2 rings (SSSR count). The van der Waals surface area contributed by atoms with Crippen LogP contribution in [0.25, 0.3) is 0 Å².